The first-order valence-corrected chi connectivity index (χ1v) is 7.36. The fourth-order valence-corrected chi connectivity index (χ4v) is 2.81. The number of carbonyl (C=O) groups is 1. The molecule has 1 aliphatic heterocycles. The third-order valence-electron chi connectivity index (χ3n) is 4.02. The van der Waals surface area contributed by atoms with Crippen LogP contribution in [0.25, 0.3) is 0 Å². The Kier molecular flexibility index (Phi) is 5.56. The smallest absolute Gasteiger partial charge is 0.233 e. The molecule has 1 aliphatic rings. The summed E-state index contributed by atoms with van der Waals surface area (Å²) >= 11 is 0. The summed E-state index contributed by atoms with van der Waals surface area (Å²) in [6.45, 7) is 3.69. The second-order valence-corrected chi connectivity index (χ2v) is 5.61. The molecule has 0 bridgehead atoms. The molecule has 0 saturated carbocycles. The molecule has 0 spiro atoms. The monoisotopic (exact) mass is 275 g/mol. The van der Waals surface area contributed by atoms with Crippen LogP contribution in [0.4, 0.5) is 0 Å². The van der Waals surface area contributed by atoms with Crippen LogP contribution in [-0.2, 0) is 11.3 Å². The molecule has 4 nitrogen and oxygen atoms in total. The molecule has 1 N–H and O–H groups in total. The van der Waals surface area contributed by atoms with Gasteiger partial charge in [0.2, 0.25) is 5.91 Å². The Morgan fingerprint density at radius 1 is 1.40 bits per heavy atom. The summed E-state index contributed by atoms with van der Waals surface area (Å²) in [7, 11) is 3.74. The number of nitrogens with one attached hydrogen (secondary N) is 1. The molecular weight excluding hydrogens is 250 g/mol. The first-order chi connectivity index (χ1) is 9.69. The van der Waals surface area contributed by atoms with E-state index in [4.69, 9.17) is 0 Å². The van der Waals surface area contributed by atoms with Crippen LogP contribution in [0.5, 0.6) is 0 Å². The SMILES string of the molecule is CNC(=O)CN(C)[C@@H]1CCCN(Cc2ccccc2)C1. The Balaban J connectivity index is 1.86. The second-order valence-electron chi connectivity index (χ2n) is 5.61. The van der Waals surface area contributed by atoms with Crippen LogP contribution < -0.4 is 5.32 Å². The molecule has 20 heavy (non-hydrogen) atoms. The number of rotatable bonds is 5. The van der Waals surface area contributed by atoms with E-state index < -0.39 is 0 Å². The average Bonchev–Trinajstić information content (AvgIpc) is 2.48. The summed E-state index contributed by atoms with van der Waals surface area (Å²) in [6, 6.07) is 11.1. The second kappa shape index (κ2) is 7.41. The largest absolute Gasteiger partial charge is 0.358 e. The van der Waals surface area contributed by atoms with Crippen molar-refractivity contribution in [1.82, 2.24) is 15.1 Å². The molecule has 0 unspecified atom stereocenters. The third-order valence-corrected chi connectivity index (χ3v) is 4.02. The first kappa shape index (κ1) is 15.0. The molecule has 0 aliphatic carbocycles. The van der Waals surface area contributed by atoms with E-state index >= 15 is 0 Å². The lowest BCUT2D eigenvalue weighted by atomic mass is 10.0. The van der Waals surface area contributed by atoms with Crippen LogP contribution in [0.1, 0.15) is 18.4 Å². The van der Waals surface area contributed by atoms with Crippen LogP contribution in [0.15, 0.2) is 30.3 Å². The molecule has 110 valence electrons. The average molecular weight is 275 g/mol. The highest BCUT2D eigenvalue weighted by molar-refractivity contribution is 5.77. The van der Waals surface area contributed by atoms with Gasteiger partial charge in [-0.1, -0.05) is 30.3 Å². The van der Waals surface area contributed by atoms with Crippen LogP contribution >= 0.6 is 0 Å². The van der Waals surface area contributed by atoms with Gasteiger partial charge in [0.1, 0.15) is 0 Å². The third kappa shape index (κ3) is 4.32. The predicted octanol–water partition coefficient (Wildman–Crippen LogP) is 1.33. The molecule has 1 heterocycles. The number of carbonyl (C=O) groups excluding carboxylic acids is 1. The van der Waals surface area contributed by atoms with Crippen molar-refractivity contribution in [3.8, 4) is 0 Å². The highest BCUT2D eigenvalue weighted by atomic mass is 16.1. The van der Waals surface area contributed by atoms with E-state index in [-0.39, 0.29) is 5.91 Å². The number of nitrogens with zero attached hydrogens (tertiary/aromatic N) is 2. The van der Waals surface area contributed by atoms with E-state index in [1.165, 1.54) is 18.4 Å². The predicted molar refractivity (Wildman–Crippen MR) is 81.4 cm³/mol. The van der Waals surface area contributed by atoms with Crippen molar-refractivity contribution >= 4 is 5.91 Å². The van der Waals surface area contributed by atoms with Gasteiger partial charge in [-0.3, -0.25) is 14.6 Å². The number of benzene rings is 1. The van der Waals surface area contributed by atoms with Crippen molar-refractivity contribution in [2.45, 2.75) is 25.4 Å². The summed E-state index contributed by atoms with van der Waals surface area (Å²) in [5.74, 6) is 0.0904. The lowest BCUT2D eigenvalue weighted by molar-refractivity contribution is -0.122. The van der Waals surface area contributed by atoms with E-state index in [1.807, 2.05) is 7.05 Å². The zero-order chi connectivity index (χ0) is 14.4. The minimum absolute atomic E-state index is 0.0904. The molecule has 0 radical (unpaired) electrons. The molecule has 2 rings (SSSR count). The molecule has 1 saturated heterocycles. The topological polar surface area (TPSA) is 35.6 Å². The van der Waals surface area contributed by atoms with Gasteiger partial charge in [0.05, 0.1) is 6.54 Å². The molecule has 1 atom stereocenters. The number of hydrogen-bond donors (Lipinski definition) is 1. The summed E-state index contributed by atoms with van der Waals surface area (Å²) in [5.41, 5.74) is 1.36. The fourth-order valence-electron chi connectivity index (χ4n) is 2.81. The van der Waals surface area contributed by atoms with Gasteiger partial charge in [0.15, 0.2) is 0 Å². The maximum atomic E-state index is 11.5. The Hall–Kier alpha value is -1.39. The van der Waals surface area contributed by atoms with Gasteiger partial charge in [-0.25, -0.2) is 0 Å². The van der Waals surface area contributed by atoms with Gasteiger partial charge in [-0.05, 0) is 32.0 Å². The lowest BCUT2D eigenvalue weighted by Crippen LogP contribution is -2.48. The summed E-state index contributed by atoms with van der Waals surface area (Å²) in [5, 5.41) is 2.69. The number of likely N-dealkylation sites (N-methyl/N-ethyl adjacent to an activating group) is 2. The lowest BCUT2D eigenvalue weighted by Gasteiger charge is -2.37. The molecule has 0 aromatic heterocycles. The Labute approximate surface area is 121 Å². The molecule has 4 heteroatoms. The van der Waals surface area contributed by atoms with Gasteiger partial charge < -0.3 is 5.32 Å². The van der Waals surface area contributed by atoms with Crippen molar-refractivity contribution < 1.29 is 4.79 Å². The summed E-state index contributed by atoms with van der Waals surface area (Å²) < 4.78 is 0. The van der Waals surface area contributed by atoms with Crippen LogP contribution in [0.2, 0.25) is 0 Å². The highest BCUT2D eigenvalue weighted by Crippen LogP contribution is 2.17. The van der Waals surface area contributed by atoms with Gasteiger partial charge in [0.25, 0.3) is 0 Å². The number of hydrogen-bond acceptors (Lipinski definition) is 3. The standard InChI is InChI=1S/C16H25N3O/c1-17-16(20)13-18(2)15-9-6-10-19(12-15)11-14-7-4-3-5-8-14/h3-5,7-8,15H,6,9-13H2,1-2H3,(H,17,20)/t15-/m1/s1. The molecule has 1 fully saturated rings. The van der Waals surface area contributed by atoms with Crippen molar-refractivity contribution in [2.24, 2.45) is 0 Å². The first-order valence-electron chi connectivity index (χ1n) is 7.36. The van der Waals surface area contributed by atoms with Crippen molar-refractivity contribution in [1.29, 1.82) is 0 Å². The maximum Gasteiger partial charge on any atom is 0.233 e. The molecule has 1 aromatic rings. The van der Waals surface area contributed by atoms with Crippen molar-refractivity contribution in [3.05, 3.63) is 35.9 Å². The Morgan fingerprint density at radius 2 is 2.15 bits per heavy atom. The maximum absolute atomic E-state index is 11.5. The quantitative estimate of drug-likeness (QED) is 0.880. The molecule has 1 aromatic carbocycles. The van der Waals surface area contributed by atoms with Crippen LogP contribution in [-0.4, -0.2) is 55.5 Å². The van der Waals surface area contributed by atoms with Crippen molar-refractivity contribution in [3.63, 3.8) is 0 Å². The highest BCUT2D eigenvalue weighted by Gasteiger charge is 2.24. The van der Waals surface area contributed by atoms with E-state index in [0.29, 0.717) is 12.6 Å². The minimum atomic E-state index is 0.0904. The van der Waals surface area contributed by atoms with Gasteiger partial charge in [0, 0.05) is 26.2 Å². The summed E-state index contributed by atoms with van der Waals surface area (Å²) in [6.07, 6.45) is 2.38. The fraction of sp³-hybridized carbons (Fsp3) is 0.562. The van der Waals surface area contributed by atoms with Crippen molar-refractivity contribution in [2.75, 3.05) is 33.7 Å². The van der Waals surface area contributed by atoms with E-state index in [1.54, 1.807) is 7.05 Å². The zero-order valence-corrected chi connectivity index (χ0v) is 12.5. The number of amides is 1. The van der Waals surface area contributed by atoms with E-state index in [9.17, 15) is 4.79 Å². The Morgan fingerprint density at radius 3 is 2.85 bits per heavy atom. The summed E-state index contributed by atoms with van der Waals surface area (Å²) in [4.78, 5) is 16.1. The van der Waals surface area contributed by atoms with E-state index in [2.05, 4.69) is 45.4 Å². The Bertz CT molecular complexity index is 421. The minimum Gasteiger partial charge on any atom is -0.358 e. The zero-order valence-electron chi connectivity index (χ0n) is 12.5. The van der Waals surface area contributed by atoms with Crippen LogP contribution in [0, 0.1) is 0 Å². The molecule has 1 amide bonds. The van der Waals surface area contributed by atoms with Crippen LogP contribution in [0.3, 0.4) is 0 Å². The normalized spacial score (nSPS) is 20.1. The van der Waals surface area contributed by atoms with Gasteiger partial charge in [-0.2, -0.15) is 0 Å². The number of likely N-dealkylation sites (tertiary alicyclic amines) is 1. The van der Waals surface area contributed by atoms with Gasteiger partial charge in [-0.15, -0.1) is 0 Å². The van der Waals surface area contributed by atoms with Gasteiger partial charge >= 0.3 is 0 Å². The molecular formula is C16H25N3O. The number of piperidine rings is 1. The van der Waals surface area contributed by atoms with E-state index in [0.717, 1.165) is 19.6 Å².